The van der Waals surface area contributed by atoms with E-state index in [1.54, 1.807) is 30.5 Å². The number of benzene rings is 1. The van der Waals surface area contributed by atoms with Gasteiger partial charge in [-0.3, -0.25) is 0 Å². The number of aromatic nitrogens is 3. The molecule has 2 aliphatic heterocycles. The van der Waals surface area contributed by atoms with Crippen molar-refractivity contribution in [1.82, 2.24) is 14.5 Å². The van der Waals surface area contributed by atoms with Gasteiger partial charge in [0.25, 0.3) is 0 Å². The van der Waals surface area contributed by atoms with Gasteiger partial charge in [-0.15, -0.1) is 0 Å². The Hall–Kier alpha value is -3.68. The Morgan fingerprint density at radius 1 is 1.28 bits per heavy atom. The van der Waals surface area contributed by atoms with Crippen LogP contribution >= 0.6 is 0 Å². The lowest BCUT2D eigenvalue weighted by Crippen LogP contribution is -2.38. The van der Waals surface area contributed by atoms with Gasteiger partial charge in [0, 0.05) is 18.2 Å². The summed E-state index contributed by atoms with van der Waals surface area (Å²) in [6.07, 6.45) is 2.41. The van der Waals surface area contributed by atoms with E-state index in [1.807, 2.05) is 4.57 Å². The fraction of sp³-hybridized carbons (Fsp3) is 0.364. The number of nitrogens with zero attached hydrogens (tertiary/aromatic N) is 4. The second-order valence-corrected chi connectivity index (χ2v) is 7.61. The molecule has 1 N–H and O–H groups in total. The van der Waals surface area contributed by atoms with E-state index in [2.05, 4.69) is 21.4 Å². The van der Waals surface area contributed by atoms with Gasteiger partial charge < -0.3 is 28.8 Å². The van der Waals surface area contributed by atoms with Gasteiger partial charge in [0.1, 0.15) is 29.3 Å². The SMILES string of the molecule is COC(=O)c1ccc(Nc2ncc3cc(C#N)n(C4CCOC4)c3n2)c(OC2COC2)c1. The van der Waals surface area contributed by atoms with Crippen molar-refractivity contribution in [2.75, 3.05) is 38.9 Å². The maximum absolute atomic E-state index is 12.0. The third-order valence-corrected chi connectivity index (χ3v) is 5.51. The van der Waals surface area contributed by atoms with Crippen LogP contribution in [0, 0.1) is 11.3 Å². The van der Waals surface area contributed by atoms with Crippen LogP contribution in [0.1, 0.15) is 28.5 Å². The highest BCUT2D eigenvalue weighted by molar-refractivity contribution is 5.91. The number of nitrogens with one attached hydrogen (secondary N) is 1. The lowest BCUT2D eigenvalue weighted by Gasteiger charge is -2.28. The number of methoxy groups -OCH3 is 1. The Morgan fingerprint density at radius 2 is 2.16 bits per heavy atom. The number of nitriles is 1. The number of carbonyl (C=O) groups excluding carboxylic acids is 1. The molecule has 1 aromatic carbocycles. The highest BCUT2D eigenvalue weighted by Gasteiger charge is 2.25. The highest BCUT2D eigenvalue weighted by atomic mass is 16.6. The van der Waals surface area contributed by atoms with E-state index < -0.39 is 5.97 Å². The van der Waals surface area contributed by atoms with Crippen LogP contribution in [0.15, 0.2) is 30.5 Å². The highest BCUT2D eigenvalue weighted by Crippen LogP contribution is 2.32. The molecule has 1 unspecified atom stereocenters. The molecule has 10 nitrogen and oxygen atoms in total. The number of rotatable bonds is 6. The minimum Gasteiger partial charge on any atom is -0.483 e. The molecule has 0 bridgehead atoms. The molecular formula is C22H21N5O5. The maximum Gasteiger partial charge on any atom is 0.337 e. The fourth-order valence-corrected chi connectivity index (χ4v) is 3.80. The van der Waals surface area contributed by atoms with Crippen LogP contribution in [0.25, 0.3) is 11.0 Å². The van der Waals surface area contributed by atoms with E-state index >= 15 is 0 Å². The predicted molar refractivity (Wildman–Crippen MR) is 113 cm³/mol. The van der Waals surface area contributed by atoms with E-state index in [1.165, 1.54) is 7.11 Å². The van der Waals surface area contributed by atoms with Crippen molar-refractivity contribution >= 4 is 28.6 Å². The molecule has 2 saturated heterocycles. The number of hydrogen-bond donors (Lipinski definition) is 1. The number of esters is 1. The summed E-state index contributed by atoms with van der Waals surface area (Å²) in [6.45, 7) is 2.17. The average Bonchev–Trinajstić information content (AvgIpc) is 3.43. The summed E-state index contributed by atoms with van der Waals surface area (Å²) in [5.41, 5.74) is 2.17. The lowest BCUT2D eigenvalue weighted by molar-refractivity contribution is -0.0794. The van der Waals surface area contributed by atoms with Gasteiger partial charge in [0.05, 0.1) is 44.2 Å². The molecular weight excluding hydrogens is 414 g/mol. The molecule has 0 saturated carbocycles. The molecule has 0 aliphatic carbocycles. The number of anilines is 2. The first-order valence-corrected chi connectivity index (χ1v) is 10.3. The van der Waals surface area contributed by atoms with E-state index in [0.29, 0.717) is 60.7 Å². The molecule has 164 valence electrons. The third kappa shape index (κ3) is 3.72. The van der Waals surface area contributed by atoms with Crippen molar-refractivity contribution in [3.05, 3.63) is 41.7 Å². The molecule has 2 aliphatic rings. The van der Waals surface area contributed by atoms with Crippen molar-refractivity contribution in [3.63, 3.8) is 0 Å². The third-order valence-electron chi connectivity index (χ3n) is 5.51. The normalized spacial score (nSPS) is 18.2. The van der Waals surface area contributed by atoms with Crippen molar-refractivity contribution in [2.45, 2.75) is 18.6 Å². The van der Waals surface area contributed by atoms with Crippen molar-refractivity contribution in [1.29, 1.82) is 5.26 Å². The molecule has 2 fully saturated rings. The Bertz CT molecular complexity index is 1210. The largest absolute Gasteiger partial charge is 0.483 e. The molecule has 0 amide bonds. The zero-order valence-corrected chi connectivity index (χ0v) is 17.4. The summed E-state index contributed by atoms with van der Waals surface area (Å²) in [5.74, 6) is 0.368. The Labute approximate surface area is 183 Å². The first-order valence-electron chi connectivity index (χ1n) is 10.3. The maximum atomic E-state index is 12.0. The molecule has 4 heterocycles. The summed E-state index contributed by atoms with van der Waals surface area (Å²) in [7, 11) is 1.33. The van der Waals surface area contributed by atoms with Gasteiger partial charge in [-0.2, -0.15) is 10.2 Å². The van der Waals surface area contributed by atoms with Gasteiger partial charge in [0.15, 0.2) is 0 Å². The molecule has 0 radical (unpaired) electrons. The summed E-state index contributed by atoms with van der Waals surface area (Å²) < 4.78 is 23.4. The number of ether oxygens (including phenoxy) is 4. The lowest BCUT2D eigenvalue weighted by atomic mass is 10.2. The number of carbonyl (C=O) groups is 1. The van der Waals surface area contributed by atoms with E-state index in [0.717, 1.165) is 11.8 Å². The minimum atomic E-state index is -0.454. The smallest absolute Gasteiger partial charge is 0.337 e. The van der Waals surface area contributed by atoms with Crippen molar-refractivity contribution in [3.8, 4) is 11.8 Å². The standard InChI is InChI=1S/C22H21N5O5/c1-29-21(28)13-2-3-18(19(7-13)32-17-11-31-12-17)25-22-24-9-14-6-16(8-23)27(20(14)26-22)15-4-5-30-10-15/h2-3,6-7,9,15,17H,4-5,10-12H2,1H3,(H,24,25,26). The summed E-state index contributed by atoms with van der Waals surface area (Å²) in [5, 5.41) is 13.5. The molecule has 5 rings (SSSR count). The fourth-order valence-electron chi connectivity index (χ4n) is 3.80. The second-order valence-electron chi connectivity index (χ2n) is 7.61. The van der Waals surface area contributed by atoms with Gasteiger partial charge in [-0.1, -0.05) is 0 Å². The number of fused-ring (bicyclic) bond motifs is 1. The van der Waals surface area contributed by atoms with Crippen LogP contribution in [0.5, 0.6) is 5.75 Å². The molecule has 1 atom stereocenters. The van der Waals surface area contributed by atoms with Gasteiger partial charge in [0.2, 0.25) is 5.95 Å². The van der Waals surface area contributed by atoms with Crippen LogP contribution < -0.4 is 10.1 Å². The molecule has 10 heteroatoms. The zero-order chi connectivity index (χ0) is 22.1. The van der Waals surface area contributed by atoms with Crippen LogP contribution in [0.4, 0.5) is 11.6 Å². The molecule has 2 aromatic heterocycles. The van der Waals surface area contributed by atoms with Crippen molar-refractivity contribution < 1.29 is 23.7 Å². The van der Waals surface area contributed by atoms with Crippen LogP contribution in [-0.4, -0.2) is 60.1 Å². The Balaban J connectivity index is 1.50. The van der Waals surface area contributed by atoms with Crippen molar-refractivity contribution in [2.24, 2.45) is 0 Å². The van der Waals surface area contributed by atoms with E-state index in [-0.39, 0.29) is 12.1 Å². The van der Waals surface area contributed by atoms with E-state index in [4.69, 9.17) is 18.9 Å². The molecule has 0 spiro atoms. The van der Waals surface area contributed by atoms with Crippen LogP contribution in [0.2, 0.25) is 0 Å². The van der Waals surface area contributed by atoms with Gasteiger partial charge >= 0.3 is 5.97 Å². The Kier molecular flexibility index (Phi) is 5.34. The summed E-state index contributed by atoms with van der Waals surface area (Å²) in [4.78, 5) is 21.0. The monoisotopic (exact) mass is 435 g/mol. The van der Waals surface area contributed by atoms with Crippen LogP contribution in [0.3, 0.4) is 0 Å². The second kappa shape index (κ2) is 8.45. The predicted octanol–water partition coefficient (Wildman–Crippen LogP) is 2.57. The van der Waals surface area contributed by atoms with E-state index in [9.17, 15) is 10.1 Å². The quantitative estimate of drug-likeness (QED) is 0.582. The minimum absolute atomic E-state index is 0.0572. The first-order chi connectivity index (χ1) is 15.7. The average molecular weight is 435 g/mol. The summed E-state index contributed by atoms with van der Waals surface area (Å²) >= 11 is 0. The first kappa shape index (κ1) is 20.2. The van der Waals surface area contributed by atoms with Crippen LogP contribution in [-0.2, 0) is 14.2 Å². The summed E-state index contributed by atoms with van der Waals surface area (Å²) in [6, 6.07) is 9.07. The zero-order valence-electron chi connectivity index (χ0n) is 17.4. The number of hydrogen-bond acceptors (Lipinski definition) is 9. The molecule has 3 aromatic rings. The molecule has 32 heavy (non-hydrogen) atoms. The van der Waals surface area contributed by atoms with Gasteiger partial charge in [-0.25, -0.2) is 9.78 Å². The Morgan fingerprint density at radius 3 is 2.84 bits per heavy atom. The van der Waals surface area contributed by atoms with Gasteiger partial charge in [-0.05, 0) is 30.7 Å². The topological polar surface area (TPSA) is 121 Å².